The molecule has 3 aliphatic heterocycles. The normalized spacial score (nSPS) is 19.8. The fourth-order valence-electron chi connectivity index (χ4n) is 4.45. The minimum atomic E-state index is -0.444. The van der Waals surface area contributed by atoms with Crippen LogP contribution in [0.4, 0.5) is 16.6 Å². The number of anilines is 2. The lowest BCUT2D eigenvalue weighted by Crippen LogP contribution is -2.73. The smallest absolute Gasteiger partial charge is 0.290 e. The Hall–Kier alpha value is -3.44. The van der Waals surface area contributed by atoms with Crippen molar-refractivity contribution in [1.29, 1.82) is 0 Å². The van der Waals surface area contributed by atoms with Crippen molar-refractivity contribution >= 4 is 46.7 Å². The molecule has 0 bridgehead atoms. The lowest BCUT2D eigenvalue weighted by atomic mass is 9.72. The Kier molecular flexibility index (Phi) is 5.74. The van der Waals surface area contributed by atoms with E-state index in [1.54, 1.807) is 17.0 Å². The van der Waals surface area contributed by atoms with E-state index in [4.69, 9.17) is 0 Å². The molecule has 3 saturated heterocycles. The number of imide groups is 1. The Morgan fingerprint density at radius 2 is 1.94 bits per heavy atom. The summed E-state index contributed by atoms with van der Waals surface area (Å²) < 4.78 is 0. The third-order valence-electron chi connectivity index (χ3n) is 6.16. The number of nitrogens with zero attached hydrogens (tertiary/aromatic N) is 5. The number of rotatable bonds is 6. The summed E-state index contributed by atoms with van der Waals surface area (Å²) in [5.41, 5.74) is 1.24. The summed E-state index contributed by atoms with van der Waals surface area (Å²) in [4.78, 5) is 51.4. The standard InChI is InChI=1S/C23H24N6O4S/c1-27(7-8-30)18-10-16(9-17-19(31)26-22(33)34-17)24-21(25-18)29-13-23(14-29)11-28(12-23)20(32)15-5-3-2-4-6-15/h2-6,9-10,30H,7-8,11-14H2,1H3,(H,26,31,33). The molecule has 34 heavy (non-hydrogen) atoms. The van der Waals surface area contributed by atoms with Crippen LogP contribution < -0.4 is 15.1 Å². The molecule has 1 aromatic carbocycles. The number of carbonyl (C=O) groups is 3. The Morgan fingerprint density at radius 3 is 2.59 bits per heavy atom. The molecule has 0 atom stereocenters. The van der Waals surface area contributed by atoms with Crippen LogP contribution in [0, 0.1) is 5.41 Å². The third kappa shape index (κ3) is 4.24. The van der Waals surface area contributed by atoms with E-state index in [-0.39, 0.29) is 22.8 Å². The second-order valence-electron chi connectivity index (χ2n) is 8.83. The molecule has 3 aliphatic rings. The quantitative estimate of drug-likeness (QED) is 0.588. The number of benzene rings is 1. The fourth-order valence-corrected chi connectivity index (χ4v) is 5.11. The molecule has 2 N–H and O–H groups in total. The molecule has 11 heteroatoms. The van der Waals surface area contributed by atoms with Crippen molar-refractivity contribution in [1.82, 2.24) is 20.2 Å². The fraction of sp³-hybridized carbons (Fsp3) is 0.348. The summed E-state index contributed by atoms with van der Waals surface area (Å²) in [5.74, 6) is 0.726. The minimum Gasteiger partial charge on any atom is -0.395 e. The zero-order valence-electron chi connectivity index (χ0n) is 18.6. The van der Waals surface area contributed by atoms with Crippen LogP contribution in [0.15, 0.2) is 41.3 Å². The van der Waals surface area contributed by atoms with Gasteiger partial charge in [-0.2, -0.15) is 4.98 Å². The summed E-state index contributed by atoms with van der Waals surface area (Å²) in [6, 6.07) is 11.0. The molecule has 0 aliphatic carbocycles. The van der Waals surface area contributed by atoms with Crippen molar-refractivity contribution in [2.75, 3.05) is 56.2 Å². The van der Waals surface area contributed by atoms with E-state index in [0.717, 1.165) is 24.9 Å². The highest BCUT2D eigenvalue weighted by Gasteiger charge is 2.54. The Morgan fingerprint density at radius 1 is 1.21 bits per heavy atom. The Bertz CT molecular complexity index is 1170. The van der Waals surface area contributed by atoms with Gasteiger partial charge in [-0.1, -0.05) is 18.2 Å². The van der Waals surface area contributed by atoms with Crippen LogP contribution >= 0.6 is 11.8 Å². The number of hydrogen-bond acceptors (Lipinski definition) is 9. The minimum absolute atomic E-state index is 0.0306. The highest BCUT2D eigenvalue weighted by Crippen LogP contribution is 2.42. The van der Waals surface area contributed by atoms with Gasteiger partial charge in [-0.25, -0.2) is 4.98 Å². The summed E-state index contributed by atoms with van der Waals surface area (Å²) in [6.45, 7) is 3.19. The van der Waals surface area contributed by atoms with Crippen LogP contribution in [0.1, 0.15) is 16.1 Å². The molecule has 4 heterocycles. The number of likely N-dealkylation sites (N-methyl/N-ethyl adjacent to an activating group) is 1. The molecule has 1 spiro atoms. The number of amides is 3. The first-order valence-electron chi connectivity index (χ1n) is 10.9. The second-order valence-corrected chi connectivity index (χ2v) is 9.85. The van der Waals surface area contributed by atoms with Gasteiger partial charge in [0.2, 0.25) is 5.95 Å². The number of hydrogen-bond donors (Lipinski definition) is 2. The Balaban J connectivity index is 1.31. The summed E-state index contributed by atoms with van der Waals surface area (Å²) >= 11 is 0.837. The van der Waals surface area contributed by atoms with E-state index >= 15 is 0 Å². The number of carbonyl (C=O) groups excluding carboxylic acids is 3. The number of nitrogens with one attached hydrogen (secondary N) is 1. The van der Waals surface area contributed by atoms with Gasteiger partial charge < -0.3 is 19.8 Å². The molecular formula is C23H24N6O4S. The van der Waals surface area contributed by atoms with E-state index in [1.807, 2.05) is 42.3 Å². The van der Waals surface area contributed by atoms with Gasteiger partial charge in [-0.15, -0.1) is 0 Å². The van der Waals surface area contributed by atoms with E-state index in [2.05, 4.69) is 20.2 Å². The number of aromatic nitrogens is 2. The molecule has 0 saturated carbocycles. The van der Waals surface area contributed by atoms with E-state index in [1.165, 1.54) is 0 Å². The maximum Gasteiger partial charge on any atom is 0.290 e. The van der Waals surface area contributed by atoms with Crippen molar-refractivity contribution in [2.24, 2.45) is 5.41 Å². The molecule has 176 valence electrons. The predicted octanol–water partition coefficient (Wildman–Crippen LogP) is 1.19. The van der Waals surface area contributed by atoms with Crippen LogP contribution in [0.5, 0.6) is 0 Å². The van der Waals surface area contributed by atoms with Gasteiger partial charge in [0.05, 0.1) is 17.2 Å². The molecule has 0 unspecified atom stereocenters. The van der Waals surface area contributed by atoms with Crippen molar-refractivity contribution < 1.29 is 19.5 Å². The lowest BCUT2D eigenvalue weighted by molar-refractivity contribution is -0.115. The molecule has 2 aromatic rings. The summed E-state index contributed by atoms with van der Waals surface area (Å²) in [6.07, 6.45) is 1.57. The second kappa shape index (κ2) is 8.73. The molecular weight excluding hydrogens is 456 g/mol. The maximum absolute atomic E-state index is 12.6. The zero-order valence-corrected chi connectivity index (χ0v) is 19.4. The molecule has 3 amide bonds. The molecule has 0 radical (unpaired) electrons. The molecule has 5 rings (SSSR count). The van der Waals surface area contributed by atoms with Crippen molar-refractivity contribution in [3.8, 4) is 0 Å². The third-order valence-corrected chi connectivity index (χ3v) is 6.97. The highest BCUT2D eigenvalue weighted by atomic mass is 32.2. The van der Waals surface area contributed by atoms with Crippen LogP contribution in [0.25, 0.3) is 6.08 Å². The summed E-state index contributed by atoms with van der Waals surface area (Å²) in [7, 11) is 1.82. The topological polar surface area (TPSA) is 119 Å². The van der Waals surface area contributed by atoms with Gasteiger partial charge in [0.15, 0.2) is 0 Å². The van der Waals surface area contributed by atoms with E-state index < -0.39 is 11.1 Å². The zero-order chi connectivity index (χ0) is 23.9. The highest BCUT2D eigenvalue weighted by molar-refractivity contribution is 8.18. The maximum atomic E-state index is 12.6. The number of aliphatic hydroxyl groups is 1. The number of thioether (sulfide) groups is 1. The summed E-state index contributed by atoms with van der Waals surface area (Å²) in [5, 5.41) is 11.2. The molecule has 1 aromatic heterocycles. The van der Waals surface area contributed by atoms with Gasteiger partial charge in [-0.05, 0) is 30.0 Å². The van der Waals surface area contributed by atoms with Crippen LogP contribution in [0.2, 0.25) is 0 Å². The first-order chi connectivity index (χ1) is 16.4. The number of aliphatic hydroxyl groups excluding tert-OH is 1. The van der Waals surface area contributed by atoms with Crippen molar-refractivity contribution in [2.45, 2.75) is 0 Å². The van der Waals surface area contributed by atoms with E-state index in [9.17, 15) is 19.5 Å². The van der Waals surface area contributed by atoms with Crippen molar-refractivity contribution in [3.05, 3.63) is 52.6 Å². The van der Waals surface area contributed by atoms with Crippen LogP contribution in [-0.2, 0) is 4.79 Å². The van der Waals surface area contributed by atoms with Crippen molar-refractivity contribution in [3.63, 3.8) is 0 Å². The SMILES string of the molecule is CN(CCO)c1cc(C=C2SC(=O)NC2=O)nc(N2CC3(CN(C(=O)c4ccccc4)C3)C2)n1. The van der Waals surface area contributed by atoms with Gasteiger partial charge >= 0.3 is 0 Å². The molecule has 10 nitrogen and oxygen atoms in total. The van der Waals surface area contributed by atoms with Crippen LogP contribution in [0.3, 0.4) is 0 Å². The predicted molar refractivity (Wildman–Crippen MR) is 128 cm³/mol. The van der Waals surface area contributed by atoms with Gasteiger partial charge in [0.25, 0.3) is 17.1 Å². The first-order valence-corrected chi connectivity index (χ1v) is 11.7. The average molecular weight is 481 g/mol. The number of likely N-dealkylation sites (tertiary alicyclic amines) is 1. The average Bonchev–Trinajstić information content (AvgIpc) is 3.08. The van der Waals surface area contributed by atoms with Gasteiger partial charge in [0, 0.05) is 56.8 Å². The van der Waals surface area contributed by atoms with Gasteiger partial charge in [-0.3, -0.25) is 19.7 Å². The monoisotopic (exact) mass is 480 g/mol. The Labute approximate surface area is 200 Å². The largest absolute Gasteiger partial charge is 0.395 e. The first kappa shape index (κ1) is 22.4. The lowest BCUT2D eigenvalue weighted by Gasteiger charge is -2.60. The molecule has 3 fully saturated rings. The van der Waals surface area contributed by atoms with Gasteiger partial charge in [0.1, 0.15) is 5.82 Å². The van der Waals surface area contributed by atoms with E-state index in [0.29, 0.717) is 42.7 Å². The van der Waals surface area contributed by atoms with Crippen LogP contribution in [-0.4, -0.2) is 83.4 Å².